The lowest BCUT2D eigenvalue weighted by Gasteiger charge is -2.00. The largest absolute Gasteiger partial charge is 0.367 e. The Labute approximate surface area is 73.0 Å². The van der Waals surface area contributed by atoms with Crippen molar-refractivity contribution in [1.82, 2.24) is 15.1 Å². The van der Waals surface area contributed by atoms with Crippen molar-refractivity contribution in [3.8, 4) is 0 Å². The standard InChI is InChI=1S/C8H16N4/c1-7-6-8(11-12(7)3)10-5-4-9-2/h6,9H,4-5H2,1-3H3,(H,10,11). The smallest absolute Gasteiger partial charge is 0.148 e. The van der Waals surface area contributed by atoms with E-state index in [4.69, 9.17) is 0 Å². The summed E-state index contributed by atoms with van der Waals surface area (Å²) < 4.78 is 1.86. The predicted molar refractivity (Wildman–Crippen MR) is 50.4 cm³/mol. The summed E-state index contributed by atoms with van der Waals surface area (Å²) in [6.07, 6.45) is 0. The van der Waals surface area contributed by atoms with E-state index in [0.717, 1.165) is 18.9 Å². The van der Waals surface area contributed by atoms with E-state index in [1.54, 1.807) is 0 Å². The topological polar surface area (TPSA) is 41.9 Å². The Morgan fingerprint density at radius 1 is 1.50 bits per heavy atom. The summed E-state index contributed by atoms with van der Waals surface area (Å²) in [6.45, 7) is 3.90. The van der Waals surface area contributed by atoms with Crippen LogP contribution in [0.5, 0.6) is 0 Å². The lowest BCUT2D eigenvalue weighted by atomic mass is 10.4. The Bertz CT molecular complexity index is 222. The number of likely N-dealkylation sites (N-methyl/N-ethyl adjacent to an activating group) is 1. The fraction of sp³-hybridized carbons (Fsp3) is 0.625. The molecule has 0 fully saturated rings. The molecule has 4 nitrogen and oxygen atoms in total. The summed E-state index contributed by atoms with van der Waals surface area (Å²) in [4.78, 5) is 0. The molecule has 0 aliphatic carbocycles. The zero-order valence-electron chi connectivity index (χ0n) is 7.89. The van der Waals surface area contributed by atoms with E-state index in [1.165, 1.54) is 5.69 Å². The number of aryl methyl sites for hydroxylation is 2. The molecule has 4 heteroatoms. The number of rotatable bonds is 4. The van der Waals surface area contributed by atoms with Crippen LogP contribution in [0.15, 0.2) is 6.07 Å². The minimum absolute atomic E-state index is 0.910. The van der Waals surface area contributed by atoms with Crippen molar-refractivity contribution in [2.75, 3.05) is 25.5 Å². The van der Waals surface area contributed by atoms with Crippen molar-refractivity contribution in [3.05, 3.63) is 11.8 Å². The number of nitrogens with zero attached hydrogens (tertiary/aromatic N) is 2. The molecule has 2 N–H and O–H groups in total. The van der Waals surface area contributed by atoms with Crippen LogP contribution in [0, 0.1) is 6.92 Å². The predicted octanol–water partition coefficient (Wildman–Crippen LogP) is 0.360. The molecule has 0 radical (unpaired) electrons. The van der Waals surface area contributed by atoms with Crippen LogP contribution in [0.1, 0.15) is 5.69 Å². The van der Waals surface area contributed by atoms with Gasteiger partial charge in [0.2, 0.25) is 0 Å². The van der Waals surface area contributed by atoms with Gasteiger partial charge in [0.25, 0.3) is 0 Å². The molecule has 12 heavy (non-hydrogen) atoms. The van der Waals surface area contributed by atoms with E-state index in [9.17, 15) is 0 Å². The Morgan fingerprint density at radius 3 is 2.75 bits per heavy atom. The molecule has 0 atom stereocenters. The van der Waals surface area contributed by atoms with Gasteiger partial charge in [0.15, 0.2) is 0 Å². The average Bonchev–Trinajstić information content (AvgIpc) is 2.32. The maximum atomic E-state index is 4.26. The quantitative estimate of drug-likeness (QED) is 0.638. The highest BCUT2D eigenvalue weighted by atomic mass is 15.3. The van der Waals surface area contributed by atoms with E-state index in [-0.39, 0.29) is 0 Å². The van der Waals surface area contributed by atoms with Crippen LogP contribution in [-0.4, -0.2) is 29.9 Å². The van der Waals surface area contributed by atoms with Gasteiger partial charge >= 0.3 is 0 Å². The van der Waals surface area contributed by atoms with Crippen molar-refractivity contribution in [2.24, 2.45) is 7.05 Å². The highest BCUT2D eigenvalue weighted by Crippen LogP contribution is 2.05. The van der Waals surface area contributed by atoms with Crippen LogP contribution in [0.2, 0.25) is 0 Å². The Kier molecular flexibility index (Phi) is 3.10. The Morgan fingerprint density at radius 2 is 2.25 bits per heavy atom. The molecule has 0 saturated heterocycles. The second kappa shape index (κ2) is 4.11. The molecule has 68 valence electrons. The molecule has 1 rings (SSSR count). The number of anilines is 1. The zero-order valence-corrected chi connectivity index (χ0v) is 7.89. The lowest BCUT2D eigenvalue weighted by molar-refractivity contribution is 0.738. The average molecular weight is 168 g/mol. The van der Waals surface area contributed by atoms with Crippen molar-refractivity contribution >= 4 is 5.82 Å². The Hall–Kier alpha value is -1.03. The highest BCUT2D eigenvalue weighted by molar-refractivity contribution is 5.35. The first kappa shape index (κ1) is 9.06. The molecular formula is C8H16N4. The molecule has 0 aliphatic heterocycles. The number of aromatic nitrogens is 2. The fourth-order valence-electron chi connectivity index (χ4n) is 0.963. The first-order valence-corrected chi connectivity index (χ1v) is 4.13. The van der Waals surface area contributed by atoms with E-state index in [0.29, 0.717) is 0 Å². The third-order valence-corrected chi connectivity index (χ3v) is 1.79. The third-order valence-electron chi connectivity index (χ3n) is 1.79. The minimum Gasteiger partial charge on any atom is -0.367 e. The van der Waals surface area contributed by atoms with Crippen LogP contribution in [0.25, 0.3) is 0 Å². The molecule has 0 aromatic carbocycles. The Balaban J connectivity index is 2.42. The molecule has 0 spiro atoms. The normalized spacial score (nSPS) is 10.2. The van der Waals surface area contributed by atoms with Gasteiger partial charge < -0.3 is 10.6 Å². The van der Waals surface area contributed by atoms with Gasteiger partial charge in [-0.05, 0) is 14.0 Å². The molecular weight excluding hydrogens is 152 g/mol. The second-order valence-corrected chi connectivity index (χ2v) is 2.82. The number of hydrogen-bond donors (Lipinski definition) is 2. The van der Waals surface area contributed by atoms with Gasteiger partial charge in [-0.3, -0.25) is 4.68 Å². The van der Waals surface area contributed by atoms with Gasteiger partial charge in [-0.25, -0.2) is 0 Å². The van der Waals surface area contributed by atoms with E-state index >= 15 is 0 Å². The van der Waals surface area contributed by atoms with Gasteiger partial charge in [-0.15, -0.1) is 0 Å². The van der Waals surface area contributed by atoms with E-state index in [2.05, 4.69) is 15.7 Å². The molecule has 1 aromatic heterocycles. The first-order valence-electron chi connectivity index (χ1n) is 4.13. The maximum absolute atomic E-state index is 4.26. The molecule has 0 unspecified atom stereocenters. The monoisotopic (exact) mass is 168 g/mol. The van der Waals surface area contributed by atoms with Gasteiger partial charge in [0.05, 0.1) is 0 Å². The van der Waals surface area contributed by atoms with Gasteiger partial charge in [-0.1, -0.05) is 0 Å². The van der Waals surface area contributed by atoms with Crippen molar-refractivity contribution in [3.63, 3.8) is 0 Å². The van der Waals surface area contributed by atoms with Crippen LogP contribution >= 0.6 is 0 Å². The van der Waals surface area contributed by atoms with Crippen molar-refractivity contribution in [2.45, 2.75) is 6.92 Å². The second-order valence-electron chi connectivity index (χ2n) is 2.82. The summed E-state index contributed by atoms with van der Waals surface area (Å²) >= 11 is 0. The van der Waals surface area contributed by atoms with Crippen molar-refractivity contribution in [1.29, 1.82) is 0 Å². The highest BCUT2D eigenvalue weighted by Gasteiger charge is 1.98. The molecule has 0 aliphatic rings. The fourth-order valence-corrected chi connectivity index (χ4v) is 0.963. The van der Waals surface area contributed by atoms with Crippen LogP contribution in [-0.2, 0) is 7.05 Å². The number of nitrogens with one attached hydrogen (secondary N) is 2. The molecule has 1 aromatic rings. The zero-order chi connectivity index (χ0) is 8.97. The first-order chi connectivity index (χ1) is 5.74. The maximum Gasteiger partial charge on any atom is 0.148 e. The van der Waals surface area contributed by atoms with Crippen molar-refractivity contribution < 1.29 is 0 Å². The lowest BCUT2D eigenvalue weighted by Crippen LogP contribution is -2.17. The number of hydrogen-bond acceptors (Lipinski definition) is 3. The summed E-state index contributed by atoms with van der Waals surface area (Å²) in [5.41, 5.74) is 1.17. The summed E-state index contributed by atoms with van der Waals surface area (Å²) in [6, 6.07) is 2.04. The molecule has 0 amide bonds. The van der Waals surface area contributed by atoms with Gasteiger partial charge in [0, 0.05) is 31.9 Å². The summed E-state index contributed by atoms with van der Waals surface area (Å²) in [5, 5.41) is 10.5. The van der Waals surface area contributed by atoms with Crippen LogP contribution in [0.4, 0.5) is 5.82 Å². The summed E-state index contributed by atoms with van der Waals surface area (Å²) in [7, 11) is 3.88. The summed E-state index contributed by atoms with van der Waals surface area (Å²) in [5.74, 6) is 0.949. The van der Waals surface area contributed by atoms with E-state index < -0.39 is 0 Å². The van der Waals surface area contributed by atoms with Crippen LogP contribution in [0.3, 0.4) is 0 Å². The molecule has 1 heterocycles. The third kappa shape index (κ3) is 2.23. The van der Waals surface area contributed by atoms with Gasteiger partial charge in [-0.2, -0.15) is 5.10 Å². The minimum atomic E-state index is 0.910. The molecule has 0 bridgehead atoms. The SMILES string of the molecule is CNCCNc1cc(C)n(C)n1. The van der Waals surface area contributed by atoms with Gasteiger partial charge in [0.1, 0.15) is 5.82 Å². The van der Waals surface area contributed by atoms with Crippen LogP contribution < -0.4 is 10.6 Å². The van der Waals surface area contributed by atoms with E-state index in [1.807, 2.05) is 31.8 Å². The molecule has 0 saturated carbocycles.